The number of carbonyl (C=O) groups is 1. The number of rotatable bonds is 8. The number of nitrogens with zero attached hydrogens (tertiary/aromatic N) is 2. The SMILES string of the molecule is COc1ccc(C2(C(=O)N(CCCN3CCCC3)C3CCOCC3)CC2)cc1. The highest BCUT2D eigenvalue weighted by Crippen LogP contribution is 2.50. The lowest BCUT2D eigenvalue weighted by Crippen LogP contribution is -2.48. The molecule has 4 rings (SSSR count). The van der Waals surface area contributed by atoms with E-state index < -0.39 is 0 Å². The fourth-order valence-electron chi connectivity index (χ4n) is 4.85. The van der Waals surface area contributed by atoms with Crippen molar-refractivity contribution in [2.45, 2.75) is 56.4 Å². The lowest BCUT2D eigenvalue weighted by atomic mass is 9.92. The predicted octanol–water partition coefficient (Wildman–Crippen LogP) is 3.22. The highest BCUT2D eigenvalue weighted by atomic mass is 16.5. The largest absolute Gasteiger partial charge is 0.497 e. The molecule has 1 aliphatic carbocycles. The van der Waals surface area contributed by atoms with Crippen molar-refractivity contribution >= 4 is 5.91 Å². The number of hydrogen-bond donors (Lipinski definition) is 0. The molecule has 0 radical (unpaired) electrons. The zero-order valence-electron chi connectivity index (χ0n) is 17.2. The first-order valence-corrected chi connectivity index (χ1v) is 11.0. The molecule has 2 heterocycles. The Kier molecular flexibility index (Phi) is 6.22. The molecule has 2 saturated heterocycles. The molecule has 3 aliphatic rings. The first-order chi connectivity index (χ1) is 13.7. The summed E-state index contributed by atoms with van der Waals surface area (Å²) in [5.74, 6) is 1.19. The van der Waals surface area contributed by atoms with Crippen molar-refractivity contribution in [2.24, 2.45) is 0 Å². The van der Waals surface area contributed by atoms with Gasteiger partial charge >= 0.3 is 0 Å². The lowest BCUT2D eigenvalue weighted by molar-refractivity contribution is -0.138. The van der Waals surface area contributed by atoms with Crippen molar-refractivity contribution in [2.75, 3.05) is 46.5 Å². The Labute approximate surface area is 169 Å². The minimum atomic E-state index is -0.307. The van der Waals surface area contributed by atoms with Gasteiger partial charge in [-0.3, -0.25) is 4.79 Å². The fourth-order valence-corrected chi connectivity index (χ4v) is 4.85. The van der Waals surface area contributed by atoms with Gasteiger partial charge < -0.3 is 19.3 Å². The lowest BCUT2D eigenvalue weighted by Gasteiger charge is -2.37. The molecule has 5 heteroatoms. The highest BCUT2D eigenvalue weighted by molar-refractivity contribution is 5.91. The first-order valence-electron chi connectivity index (χ1n) is 11.0. The second-order valence-corrected chi connectivity index (χ2v) is 8.56. The smallest absolute Gasteiger partial charge is 0.233 e. The summed E-state index contributed by atoms with van der Waals surface area (Å²) < 4.78 is 10.9. The number of likely N-dealkylation sites (tertiary alicyclic amines) is 1. The number of carbonyl (C=O) groups excluding carboxylic acids is 1. The third-order valence-corrected chi connectivity index (χ3v) is 6.77. The van der Waals surface area contributed by atoms with Gasteiger partial charge in [-0.05, 0) is 82.3 Å². The Hall–Kier alpha value is -1.59. The van der Waals surface area contributed by atoms with Gasteiger partial charge in [0.25, 0.3) is 0 Å². The molecule has 0 bridgehead atoms. The van der Waals surface area contributed by atoms with Crippen LogP contribution >= 0.6 is 0 Å². The molecule has 0 unspecified atom stereocenters. The molecule has 0 atom stereocenters. The van der Waals surface area contributed by atoms with E-state index in [1.54, 1.807) is 7.11 Å². The topological polar surface area (TPSA) is 42.0 Å². The molecule has 2 aliphatic heterocycles. The van der Waals surface area contributed by atoms with Gasteiger partial charge in [-0.25, -0.2) is 0 Å². The molecule has 1 aromatic rings. The van der Waals surface area contributed by atoms with Gasteiger partial charge in [0.15, 0.2) is 0 Å². The van der Waals surface area contributed by atoms with Crippen molar-refractivity contribution in [1.29, 1.82) is 0 Å². The normalized spacial score (nSPS) is 22.2. The monoisotopic (exact) mass is 386 g/mol. The quantitative estimate of drug-likeness (QED) is 0.688. The van der Waals surface area contributed by atoms with Crippen molar-refractivity contribution < 1.29 is 14.3 Å². The minimum absolute atomic E-state index is 0.307. The fraction of sp³-hybridized carbons (Fsp3) is 0.696. The van der Waals surface area contributed by atoms with Crippen molar-refractivity contribution in [3.8, 4) is 5.75 Å². The number of amides is 1. The summed E-state index contributed by atoms with van der Waals surface area (Å²) in [4.78, 5) is 18.5. The van der Waals surface area contributed by atoms with Crippen molar-refractivity contribution in [3.63, 3.8) is 0 Å². The highest BCUT2D eigenvalue weighted by Gasteiger charge is 2.53. The molecule has 0 spiro atoms. The van der Waals surface area contributed by atoms with Crippen LogP contribution in [-0.4, -0.2) is 68.3 Å². The zero-order chi connectivity index (χ0) is 19.4. The molecular formula is C23H34N2O3. The average molecular weight is 387 g/mol. The second kappa shape index (κ2) is 8.83. The van der Waals surface area contributed by atoms with Crippen LogP contribution in [-0.2, 0) is 14.9 Å². The average Bonchev–Trinajstić information content (AvgIpc) is 3.40. The summed E-state index contributed by atoms with van der Waals surface area (Å²) in [5.41, 5.74) is 0.841. The van der Waals surface area contributed by atoms with Gasteiger partial charge in [-0.2, -0.15) is 0 Å². The second-order valence-electron chi connectivity index (χ2n) is 8.56. The maximum atomic E-state index is 13.7. The summed E-state index contributed by atoms with van der Waals surface area (Å²) >= 11 is 0. The third-order valence-electron chi connectivity index (χ3n) is 6.77. The summed E-state index contributed by atoms with van der Waals surface area (Å²) in [5, 5.41) is 0. The van der Waals surface area contributed by atoms with Crippen LogP contribution in [0.3, 0.4) is 0 Å². The summed E-state index contributed by atoms with van der Waals surface area (Å²) in [6.45, 7) is 5.98. The molecule has 1 saturated carbocycles. The van der Waals surface area contributed by atoms with Crippen LogP contribution in [0.4, 0.5) is 0 Å². The van der Waals surface area contributed by atoms with Crippen LogP contribution in [0.1, 0.15) is 50.5 Å². The van der Waals surface area contributed by atoms with Crippen LogP contribution in [0.15, 0.2) is 24.3 Å². The number of ether oxygens (including phenoxy) is 2. The molecule has 5 nitrogen and oxygen atoms in total. The molecule has 154 valence electrons. The molecular weight excluding hydrogens is 352 g/mol. The third kappa shape index (κ3) is 4.20. The summed E-state index contributed by atoms with van der Waals surface area (Å²) in [6, 6.07) is 8.45. The van der Waals surface area contributed by atoms with Crippen LogP contribution in [0.2, 0.25) is 0 Å². The van der Waals surface area contributed by atoms with Crippen LogP contribution in [0.25, 0.3) is 0 Å². The van der Waals surface area contributed by atoms with Crippen molar-refractivity contribution in [1.82, 2.24) is 9.80 Å². The van der Waals surface area contributed by atoms with E-state index in [0.29, 0.717) is 11.9 Å². The molecule has 1 amide bonds. The van der Waals surface area contributed by atoms with E-state index in [0.717, 1.165) is 69.7 Å². The van der Waals surface area contributed by atoms with E-state index in [9.17, 15) is 4.79 Å². The van der Waals surface area contributed by atoms with E-state index in [1.807, 2.05) is 12.1 Å². The number of methoxy groups -OCH3 is 1. The number of benzene rings is 1. The van der Waals surface area contributed by atoms with E-state index in [4.69, 9.17) is 9.47 Å². The van der Waals surface area contributed by atoms with E-state index in [-0.39, 0.29) is 5.41 Å². The Balaban J connectivity index is 1.46. The van der Waals surface area contributed by atoms with Crippen LogP contribution < -0.4 is 4.74 Å². The van der Waals surface area contributed by atoms with E-state index in [1.165, 1.54) is 25.9 Å². The summed E-state index contributed by atoms with van der Waals surface area (Å²) in [7, 11) is 1.68. The molecule has 0 N–H and O–H groups in total. The first kappa shape index (κ1) is 19.7. The Bertz CT molecular complexity index is 644. The van der Waals surface area contributed by atoms with Gasteiger partial charge in [-0.15, -0.1) is 0 Å². The van der Waals surface area contributed by atoms with Gasteiger partial charge in [-0.1, -0.05) is 12.1 Å². The van der Waals surface area contributed by atoms with E-state index in [2.05, 4.69) is 21.9 Å². The van der Waals surface area contributed by atoms with E-state index >= 15 is 0 Å². The Morgan fingerprint density at radius 2 is 1.86 bits per heavy atom. The predicted molar refractivity (Wildman–Crippen MR) is 110 cm³/mol. The zero-order valence-corrected chi connectivity index (χ0v) is 17.2. The van der Waals surface area contributed by atoms with Crippen LogP contribution in [0.5, 0.6) is 5.75 Å². The summed E-state index contributed by atoms with van der Waals surface area (Å²) in [6.07, 6.45) is 7.57. The van der Waals surface area contributed by atoms with Gasteiger partial charge in [0, 0.05) is 25.8 Å². The molecule has 3 fully saturated rings. The molecule has 0 aromatic heterocycles. The minimum Gasteiger partial charge on any atom is -0.497 e. The number of hydrogen-bond acceptors (Lipinski definition) is 4. The standard InChI is InChI=1S/C23H34N2O3/c1-27-21-7-5-19(6-8-21)23(11-12-23)22(26)25(20-9-17-28-18-10-20)16-4-15-24-13-2-3-14-24/h5-8,20H,2-4,9-18H2,1H3. The maximum Gasteiger partial charge on any atom is 0.233 e. The van der Waals surface area contributed by atoms with Crippen molar-refractivity contribution in [3.05, 3.63) is 29.8 Å². The Morgan fingerprint density at radius 1 is 1.18 bits per heavy atom. The van der Waals surface area contributed by atoms with Gasteiger partial charge in [0.2, 0.25) is 5.91 Å². The van der Waals surface area contributed by atoms with Gasteiger partial charge in [0.1, 0.15) is 5.75 Å². The maximum absolute atomic E-state index is 13.7. The molecule has 28 heavy (non-hydrogen) atoms. The molecule has 1 aromatic carbocycles. The Morgan fingerprint density at radius 3 is 2.46 bits per heavy atom. The van der Waals surface area contributed by atoms with Gasteiger partial charge in [0.05, 0.1) is 12.5 Å². The van der Waals surface area contributed by atoms with Crippen LogP contribution in [0, 0.1) is 0 Å².